The second kappa shape index (κ2) is 3.46. The number of hydrogen-bond donors (Lipinski definition) is 0. The van der Waals surface area contributed by atoms with E-state index in [0.717, 1.165) is 0 Å². The zero-order valence-corrected chi connectivity index (χ0v) is 9.10. The fourth-order valence-electron chi connectivity index (χ4n) is 1.39. The molecular weight excluding hydrogens is 214 g/mol. The van der Waals surface area contributed by atoms with Gasteiger partial charge < -0.3 is 4.90 Å². The molecule has 0 bridgehead atoms. The minimum Gasteiger partial charge on any atom is -0.339 e. The molecule has 4 nitrogen and oxygen atoms in total. The van der Waals surface area contributed by atoms with Gasteiger partial charge in [-0.25, -0.2) is 8.42 Å². The molecule has 1 fully saturated rings. The molecule has 0 spiro atoms. The van der Waals surface area contributed by atoms with Gasteiger partial charge in [0.2, 0.25) is 15.0 Å². The van der Waals surface area contributed by atoms with Gasteiger partial charge in [0.15, 0.2) is 0 Å². The molecule has 0 aromatic heterocycles. The van der Waals surface area contributed by atoms with Crippen LogP contribution in [0.1, 0.15) is 20.3 Å². The Balaban J connectivity index is 2.77. The number of halogens is 1. The van der Waals surface area contributed by atoms with Gasteiger partial charge in [-0.05, 0) is 13.8 Å². The summed E-state index contributed by atoms with van der Waals surface area (Å²) in [6, 6.07) is 0.0379. The van der Waals surface area contributed by atoms with Gasteiger partial charge in [0.1, 0.15) is 5.25 Å². The van der Waals surface area contributed by atoms with E-state index >= 15 is 0 Å². The first-order chi connectivity index (χ1) is 5.82. The molecular formula is C7H12ClNO3S. The Labute approximate surface area is 82.3 Å². The van der Waals surface area contributed by atoms with Crippen molar-refractivity contribution < 1.29 is 13.2 Å². The normalized spacial score (nSPS) is 24.5. The number of carbonyl (C=O) groups excluding carboxylic acids is 1. The highest BCUT2D eigenvalue weighted by Gasteiger charge is 2.38. The number of hydrogen-bond acceptors (Lipinski definition) is 3. The molecule has 1 saturated heterocycles. The average Bonchev–Trinajstić information content (AvgIpc) is 2.29. The van der Waals surface area contributed by atoms with Crippen molar-refractivity contribution in [2.24, 2.45) is 0 Å². The van der Waals surface area contributed by atoms with Gasteiger partial charge >= 0.3 is 0 Å². The highest BCUT2D eigenvalue weighted by Crippen LogP contribution is 2.22. The summed E-state index contributed by atoms with van der Waals surface area (Å²) in [6.07, 6.45) is 0.0179. The van der Waals surface area contributed by atoms with Crippen molar-refractivity contribution in [3.63, 3.8) is 0 Å². The third-order valence-electron chi connectivity index (χ3n) is 2.14. The van der Waals surface area contributed by atoms with Crippen molar-refractivity contribution in [2.45, 2.75) is 31.6 Å². The van der Waals surface area contributed by atoms with Crippen molar-refractivity contribution in [3.8, 4) is 0 Å². The lowest BCUT2D eigenvalue weighted by Crippen LogP contribution is -2.33. The summed E-state index contributed by atoms with van der Waals surface area (Å²) < 4.78 is 21.9. The lowest BCUT2D eigenvalue weighted by molar-refractivity contribution is -0.129. The maximum absolute atomic E-state index is 11.3. The van der Waals surface area contributed by atoms with Crippen LogP contribution in [0, 0.1) is 0 Å². The molecule has 0 saturated carbocycles. The minimum atomic E-state index is -3.59. The van der Waals surface area contributed by atoms with E-state index in [1.54, 1.807) is 0 Å². The molecule has 0 aromatic carbocycles. The van der Waals surface area contributed by atoms with Crippen LogP contribution in [-0.2, 0) is 13.8 Å². The molecule has 1 atom stereocenters. The smallest absolute Gasteiger partial charge is 0.237 e. The van der Waals surface area contributed by atoms with E-state index in [9.17, 15) is 13.2 Å². The van der Waals surface area contributed by atoms with Crippen molar-refractivity contribution in [1.29, 1.82) is 0 Å². The standard InChI is InChI=1S/C7H12ClNO3S/c1-5(2)9-4-6(3-7(9)10)13(8,11)12/h5-6H,3-4H2,1-2H3. The zero-order valence-electron chi connectivity index (χ0n) is 7.53. The summed E-state index contributed by atoms with van der Waals surface area (Å²) in [5.41, 5.74) is 0. The lowest BCUT2D eigenvalue weighted by Gasteiger charge is -2.20. The van der Waals surface area contributed by atoms with Crippen molar-refractivity contribution in [3.05, 3.63) is 0 Å². The first-order valence-corrected chi connectivity index (χ1v) is 6.42. The van der Waals surface area contributed by atoms with Crippen LogP contribution >= 0.6 is 10.7 Å². The molecule has 6 heteroatoms. The molecule has 0 radical (unpaired) electrons. The SMILES string of the molecule is CC(C)N1CC(S(=O)(=O)Cl)CC1=O. The number of amides is 1. The molecule has 0 N–H and O–H groups in total. The average molecular weight is 226 g/mol. The van der Waals surface area contributed by atoms with Crippen LogP contribution in [-0.4, -0.2) is 37.1 Å². The quantitative estimate of drug-likeness (QED) is 0.646. The number of likely N-dealkylation sites (tertiary alicyclic amines) is 1. The molecule has 0 aliphatic carbocycles. The van der Waals surface area contributed by atoms with Gasteiger partial charge in [-0.1, -0.05) is 0 Å². The predicted molar refractivity (Wildman–Crippen MR) is 50.0 cm³/mol. The summed E-state index contributed by atoms with van der Waals surface area (Å²) in [5, 5.41) is -0.732. The molecule has 13 heavy (non-hydrogen) atoms. The summed E-state index contributed by atoms with van der Waals surface area (Å²) >= 11 is 0. The van der Waals surface area contributed by atoms with Crippen LogP contribution in [0.3, 0.4) is 0 Å². The fraction of sp³-hybridized carbons (Fsp3) is 0.857. The Morgan fingerprint density at radius 1 is 1.54 bits per heavy atom. The molecule has 1 unspecified atom stereocenters. The molecule has 1 rings (SSSR count). The summed E-state index contributed by atoms with van der Waals surface area (Å²) in [4.78, 5) is 12.8. The van der Waals surface area contributed by atoms with Crippen LogP contribution < -0.4 is 0 Å². The predicted octanol–water partition coefficient (Wildman–Crippen LogP) is 0.564. The van der Waals surface area contributed by atoms with Gasteiger partial charge in [-0.3, -0.25) is 4.79 Å². The zero-order chi connectivity index (χ0) is 10.2. The van der Waals surface area contributed by atoms with E-state index in [0.29, 0.717) is 0 Å². The Bertz CT molecular complexity index is 312. The van der Waals surface area contributed by atoms with Crippen LogP contribution in [0.2, 0.25) is 0 Å². The fourth-order valence-corrected chi connectivity index (χ4v) is 2.42. The van der Waals surface area contributed by atoms with E-state index in [1.165, 1.54) is 4.90 Å². The van der Waals surface area contributed by atoms with Crippen LogP contribution in [0.15, 0.2) is 0 Å². The monoisotopic (exact) mass is 225 g/mol. The van der Waals surface area contributed by atoms with Crippen LogP contribution in [0.25, 0.3) is 0 Å². The van der Waals surface area contributed by atoms with E-state index in [4.69, 9.17) is 10.7 Å². The number of carbonyl (C=O) groups is 1. The third-order valence-corrected chi connectivity index (χ3v) is 4.01. The molecule has 1 aliphatic heterocycles. The minimum absolute atomic E-state index is 0.0179. The van der Waals surface area contributed by atoms with Gasteiger partial charge in [0.25, 0.3) is 0 Å². The van der Waals surface area contributed by atoms with E-state index < -0.39 is 14.3 Å². The summed E-state index contributed by atoms with van der Waals surface area (Å²) in [5.74, 6) is -0.135. The maximum Gasteiger partial charge on any atom is 0.237 e. The first-order valence-electron chi connectivity index (χ1n) is 4.05. The topological polar surface area (TPSA) is 54.5 Å². The van der Waals surface area contributed by atoms with Gasteiger partial charge in [0.05, 0.1) is 0 Å². The number of rotatable bonds is 2. The van der Waals surface area contributed by atoms with E-state index in [-0.39, 0.29) is 24.9 Å². The van der Waals surface area contributed by atoms with Gasteiger partial charge in [-0.2, -0.15) is 0 Å². The van der Waals surface area contributed by atoms with Crippen molar-refractivity contribution in [2.75, 3.05) is 6.54 Å². The van der Waals surface area contributed by atoms with Gasteiger partial charge in [-0.15, -0.1) is 0 Å². The van der Waals surface area contributed by atoms with Crippen molar-refractivity contribution in [1.82, 2.24) is 4.90 Å². The Kier molecular flexibility index (Phi) is 2.87. The summed E-state index contributed by atoms with van der Waals surface area (Å²) in [7, 11) is 1.58. The van der Waals surface area contributed by atoms with Crippen molar-refractivity contribution >= 4 is 25.6 Å². The van der Waals surface area contributed by atoms with Gasteiger partial charge in [0, 0.05) is 29.7 Å². The largest absolute Gasteiger partial charge is 0.339 e. The molecule has 76 valence electrons. The Morgan fingerprint density at radius 2 is 2.08 bits per heavy atom. The Hall–Kier alpha value is -0.290. The second-order valence-electron chi connectivity index (χ2n) is 3.44. The third kappa shape index (κ3) is 2.34. The first kappa shape index (κ1) is 10.8. The molecule has 1 heterocycles. The summed E-state index contributed by atoms with van der Waals surface area (Å²) in [6.45, 7) is 3.92. The van der Waals surface area contributed by atoms with E-state index in [2.05, 4.69) is 0 Å². The highest BCUT2D eigenvalue weighted by atomic mass is 35.7. The maximum atomic E-state index is 11.3. The number of nitrogens with zero attached hydrogens (tertiary/aromatic N) is 1. The highest BCUT2D eigenvalue weighted by molar-refractivity contribution is 8.14. The molecule has 0 aromatic rings. The lowest BCUT2D eigenvalue weighted by atomic mass is 10.3. The van der Waals surface area contributed by atoms with Crippen LogP contribution in [0.4, 0.5) is 0 Å². The molecule has 1 amide bonds. The molecule has 1 aliphatic rings. The van der Waals surface area contributed by atoms with E-state index in [1.807, 2.05) is 13.8 Å². The van der Waals surface area contributed by atoms with Crippen LogP contribution in [0.5, 0.6) is 0 Å². The Morgan fingerprint density at radius 3 is 2.31 bits per heavy atom. The second-order valence-corrected chi connectivity index (χ2v) is 6.35.